The Morgan fingerprint density at radius 2 is 1.81 bits per heavy atom. The smallest absolute Gasteiger partial charge is 0.417 e. The Bertz CT molecular complexity index is 1250. The largest absolute Gasteiger partial charge is 0.439 e. The summed E-state index contributed by atoms with van der Waals surface area (Å²) in [4.78, 5) is 20.5. The van der Waals surface area contributed by atoms with E-state index < -0.39 is 17.3 Å². The number of hydrogen-bond donors (Lipinski definition) is 2. The fourth-order valence-electron chi connectivity index (χ4n) is 4.07. The van der Waals surface area contributed by atoms with Gasteiger partial charge < -0.3 is 15.2 Å². The van der Waals surface area contributed by atoms with Crippen LogP contribution >= 0.6 is 0 Å². The lowest BCUT2D eigenvalue weighted by atomic mass is 9.89. The Labute approximate surface area is 213 Å². The lowest BCUT2D eigenvalue weighted by Crippen LogP contribution is -2.36. The monoisotopic (exact) mass is 511 g/mol. The van der Waals surface area contributed by atoms with E-state index in [1.54, 1.807) is 32.0 Å². The molecule has 1 saturated carbocycles. The number of carbonyl (C=O) groups is 1. The van der Waals surface area contributed by atoms with Gasteiger partial charge in [-0.05, 0) is 75.4 Å². The molecule has 2 aromatic heterocycles. The van der Waals surface area contributed by atoms with Crippen molar-refractivity contribution >= 4 is 12.0 Å². The van der Waals surface area contributed by atoms with Crippen molar-refractivity contribution in [2.24, 2.45) is 0 Å². The summed E-state index contributed by atoms with van der Waals surface area (Å²) in [6.45, 7) is 3.28. The maximum Gasteiger partial charge on any atom is 0.417 e. The van der Waals surface area contributed by atoms with Crippen LogP contribution in [0.2, 0.25) is 0 Å². The second-order valence-electron chi connectivity index (χ2n) is 9.60. The normalized spacial score (nSPS) is 16.3. The molecule has 1 aromatic carbocycles. The molecule has 0 spiro atoms. The standard InChI is InChI=1S/C28H28F3N3O3/c1-27(2,36)24-12-8-20(16-32-24)26(35)34-22-10-6-18(7-11-22)14-19-4-3-5-23(15-19)37-25-13-9-21(17-33-25)28(29,30)31/h3-5,8-9,12-17,22,36H,6-7,10-11H2,1-2H3,(H,34,35). The molecule has 4 rings (SSSR count). The number of aliphatic hydroxyl groups is 1. The van der Waals surface area contributed by atoms with Crippen LogP contribution in [0.4, 0.5) is 13.2 Å². The number of alkyl halides is 3. The van der Waals surface area contributed by atoms with E-state index in [-0.39, 0.29) is 17.8 Å². The Morgan fingerprint density at radius 3 is 2.41 bits per heavy atom. The average molecular weight is 512 g/mol. The average Bonchev–Trinajstić information content (AvgIpc) is 2.85. The molecule has 0 unspecified atom stereocenters. The number of rotatable bonds is 6. The van der Waals surface area contributed by atoms with Crippen molar-refractivity contribution in [3.63, 3.8) is 0 Å². The highest BCUT2D eigenvalue weighted by Crippen LogP contribution is 2.31. The van der Waals surface area contributed by atoms with E-state index in [9.17, 15) is 23.1 Å². The van der Waals surface area contributed by atoms with E-state index in [2.05, 4.69) is 21.4 Å². The van der Waals surface area contributed by atoms with Crippen LogP contribution in [0.25, 0.3) is 6.08 Å². The van der Waals surface area contributed by atoms with E-state index in [1.165, 1.54) is 17.8 Å². The zero-order valence-electron chi connectivity index (χ0n) is 20.5. The lowest BCUT2D eigenvalue weighted by molar-refractivity contribution is -0.137. The fourth-order valence-corrected chi connectivity index (χ4v) is 4.07. The van der Waals surface area contributed by atoms with E-state index in [0.29, 0.717) is 17.0 Å². The van der Waals surface area contributed by atoms with Crippen molar-refractivity contribution < 1.29 is 27.8 Å². The molecule has 0 saturated heterocycles. The van der Waals surface area contributed by atoms with E-state index >= 15 is 0 Å². The third kappa shape index (κ3) is 7.16. The summed E-state index contributed by atoms with van der Waals surface area (Å²) < 4.78 is 43.8. The van der Waals surface area contributed by atoms with Gasteiger partial charge in [0.15, 0.2) is 0 Å². The number of halogens is 3. The number of aromatic nitrogens is 2. The molecule has 1 aliphatic rings. The van der Waals surface area contributed by atoms with Crippen LogP contribution in [0.1, 0.15) is 66.7 Å². The lowest BCUT2D eigenvalue weighted by Gasteiger charge is -2.25. The summed E-state index contributed by atoms with van der Waals surface area (Å²) in [5.41, 5.74) is 1.22. The first-order valence-electron chi connectivity index (χ1n) is 12.0. The van der Waals surface area contributed by atoms with Crippen molar-refractivity contribution in [2.45, 2.75) is 57.3 Å². The summed E-state index contributed by atoms with van der Waals surface area (Å²) in [6, 6.07) is 12.8. The predicted octanol–water partition coefficient (Wildman–Crippen LogP) is 6.27. The summed E-state index contributed by atoms with van der Waals surface area (Å²) in [5, 5.41) is 13.1. The van der Waals surface area contributed by atoms with Crippen LogP contribution in [0.5, 0.6) is 11.6 Å². The van der Waals surface area contributed by atoms with E-state index in [1.807, 2.05) is 18.2 Å². The van der Waals surface area contributed by atoms with Crippen molar-refractivity contribution in [3.8, 4) is 11.6 Å². The first kappa shape index (κ1) is 26.3. The van der Waals surface area contributed by atoms with Crippen molar-refractivity contribution in [3.05, 3.63) is 88.9 Å². The highest BCUT2D eigenvalue weighted by Gasteiger charge is 2.30. The molecule has 3 aromatic rings. The van der Waals surface area contributed by atoms with Crippen LogP contribution in [0.3, 0.4) is 0 Å². The zero-order valence-corrected chi connectivity index (χ0v) is 20.5. The maximum absolute atomic E-state index is 12.7. The number of pyridine rings is 2. The maximum atomic E-state index is 12.7. The molecule has 0 atom stereocenters. The molecule has 2 heterocycles. The molecule has 1 fully saturated rings. The van der Waals surface area contributed by atoms with Gasteiger partial charge in [-0.25, -0.2) is 4.98 Å². The van der Waals surface area contributed by atoms with E-state index in [4.69, 9.17) is 4.74 Å². The van der Waals surface area contributed by atoms with Gasteiger partial charge in [0.2, 0.25) is 5.88 Å². The number of amides is 1. The van der Waals surface area contributed by atoms with Gasteiger partial charge in [0.25, 0.3) is 5.91 Å². The summed E-state index contributed by atoms with van der Waals surface area (Å²) in [5.74, 6) is 0.375. The first-order valence-corrected chi connectivity index (χ1v) is 12.0. The summed E-state index contributed by atoms with van der Waals surface area (Å²) in [7, 11) is 0. The predicted molar refractivity (Wildman–Crippen MR) is 133 cm³/mol. The number of benzene rings is 1. The number of nitrogens with zero attached hydrogens (tertiary/aromatic N) is 2. The molecular formula is C28H28F3N3O3. The second-order valence-corrected chi connectivity index (χ2v) is 9.60. The molecule has 0 radical (unpaired) electrons. The molecule has 194 valence electrons. The molecule has 0 bridgehead atoms. The number of ether oxygens (including phenoxy) is 1. The Kier molecular flexibility index (Phi) is 7.63. The van der Waals surface area contributed by atoms with Crippen molar-refractivity contribution in [1.82, 2.24) is 15.3 Å². The van der Waals surface area contributed by atoms with Gasteiger partial charge in [-0.15, -0.1) is 0 Å². The van der Waals surface area contributed by atoms with Crippen LogP contribution in [0.15, 0.2) is 66.5 Å². The molecule has 37 heavy (non-hydrogen) atoms. The SMILES string of the molecule is CC(C)(O)c1ccc(C(=O)NC2CCC(=Cc3cccc(Oc4ccc(C(F)(F)F)cn4)c3)CC2)cn1. The van der Waals surface area contributed by atoms with Gasteiger partial charge in [-0.1, -0.05) is 23.8 Å². The Hall–Kier alpha value is -3.72. The van der Waals surface area contributed by atoms with Crippen LogP contribution in [0, 0.1) is 0 Å². The summed E-state index contributed by atoms with van der Waals surface area (Å²) in [6.07, 6.45) is 3.12. The van der Waals surface area contributed by atoms with Gasteiger partial charge in [0.05, 0.1) is 16.8 Å². The third-order valence-electron chi connectivity index (χ3n) is 6.13. The zero-order chi connectivity index (χ0) is 26.6. The number of hydrogen-bond acceptors (Lipinski definition) is 5. The molecule has 0 aliphatic heterocycles. The first-order chi connectivity index (χ1) is 17.5. The minimum atomic E-state index is -4.44. The molecule has 1 amide bonds. The Morgan fingerprint density at radius 1 is 1.05 bits per heavy atom. The second kappa shape index (κ2) is 10.7. The highest BCUT2D eigenvalue weighted by atomic mass is 19.4. The summed E-state index contributed by atoms with van der Waals surface area (Å²) >= 11 is 0. The fraction of sp³-hybridized carbons (Fsp3) is 0.321. The molecule has 1 aliphatic carbocycles. The molecular weight excluding hydrogens is 483 g/mol. The number of carbonyl (C=O) groups excluding carboxylic acids is 1. The molecule has 2 N–H and O–H groups in total. The van der Waals surface area contributed by atoms with Gasteiger partial charge in [-0.2, -0.15) is 13.2 Å². The van der Waals surface area contributed by atoms with E-state index in [0.717, 1.165) is 43.5 Å². The van der Waals surface area contributed by atoms with Gasteiger partial charge in [0, 0.05) is 24.5 Å². The quantitative estimate of drug-likeness (QED) is 0.408. The molecule has 9 heteroatoms. The number of allylic oxidation sites excluding steroid dienone is 1. The topological polar surface area (TPSA) is 84.3 Å². The van der Waals surface area contributed by atoms with Crippen LogP contribution in [-0.4, -0.2) is 27.0 Å². The minimum absolute atomic E-state index is 0.0546. The number of nitrogens with one attached hydrogen (secondary N) is 1. The van der Waals surface area contributed by atoms with Crippen LogP contribution < -0.4 is 10.1 Å². The Balaban J connectivity index is 1.31. The van der Waals surface area contributed by atoms with Gasteiger partial charge in [0.1, 0.15) is 11.4 Å². The van der Waals surface area contributed by atoms with Gasteiger partial charge >= 0.3 is 6.18 Å². The van der Waals surface area contributed by atoms with Crippen molar-refractivity contribution in [1.29, 1.82) is 0 Å². The van der Waals surface area contributed by atoms with Gasteiger partial charge in [-0.3, -0.25) is 9.78 Å². The highest BCUT2D eigenvalue weighted by molar-refractivity contribution is 5.94. The minimum Gasteiger partial charge on any atom is -0.439 e. The van der Waals surface area contributed by atoms with Crippen LogP contribution in [-0.2, 0) is 11.8 Å². The molecule has 6 nitrogen and oxygen atoms in total. The van der Waals surface area contributed by atoms with Crippen molar-refractivity contribution in [2.75, 3.05) is 0 Å². The third-order valence-corrected chi connectivity index (χ3v) is 6.13.